The first kappa shape index (κ1) is 14.8. The molecular formula is C17H21N3O2. The molecule has 1 amide bonds. The monoisotopic (exact) mass is 299 g/mol. The molecule has 0 aliphatic carbocycles. The van der Waals surface area contributed by atoms with Crippen molar-refractivity contribution in [3.05, 3.63) is 41.7 Å². The number of amides is 1. The van der Waals surface area contributed by atoms with Gasteiger partial charge in [-0.3, -0.25) is 9.48 Å². The van der Waals surface area contributed by atoms with Crippen molar-refractivity contribution in [2.45, 2.75) is 25.8 Å². The molecule has 1 N–H and O–H groups in total. The van der Waals surface area contributed by atoms with Crippen molar-refractivity contribution in [1.29, 1.82) is 0 Å². The number of aromatic nitrogens is 2. The number of benzene rings is 1. The number of rotatable bonds is 3. The highest BCUT2D eigenvalue weighted by Gasteiger charge is 2.17. The van der Waals surface area contributed by atoms with Crippen molar-refractivity contribution in [3.8, 4) is 11.1 Å². The Morgan fingerprint density at radius 2 is 2.14 bits per heavy atom. The van der Waals surface area contributed by atoms with Crippen LogP contribution in [0.2, 0.25) is 0 Å². The van der Waals surface area contributed by atoms with Crippen LogP contribution in [0, 0.1) is 6.92 Å². The van der Waals surface area contributed by atoms with E-state index in [0.29, 0.717) is 5.56 Å². The molecule has 1 aromatic heterocycles. The number of nitrogens with one attached hydrogen (secondary N) is 1. The molecule has 3 rings (SSSR count). The second-order valence-electron chi connectivity index (χ2n) is 5.74. The van der Waals surface area contributed by atoms with E-state index in [1.807, 2.05) is 44.4 Å². The first-order chi connectivity index (χ1) is 10.6. The molecule has 1 aliphatic rings. The molecule has 0 radical (unpaired) electrons. The van der Waals surface area contributed by atoms with Gasteiger partial charge in [0.15, 0.2) is 0 Å². The number of nitrogens with zero attached hydrogens (tertiary/aromatic N) is 2. The van der Waals surface area contributed by atoms with E-state index < -0.39 is 0 Å². The standard InChI is InChI=1S/C17H21N3O2/c1-12-16(11-20(2)19-12)13-4-3-5-14(10-13)17(21)18-15-6-8-22-9-7-15/h3-5,10-11,15H,6-9H2,1-2H3,(H,18,21). The van der Waals surface area contributed by atoms with E-state index in [9.17, 15) is 4.79 Å². The lowest BCUT2D eigenvalue weighted by molar-refractivity contribution is 0.0696. The average molecular weight is 299 g/mol. The minimum absolute atomic E-state index is 0.0182. The Morgan fingerprint density at radius 3 is 2.82 bits per heavy atom. The molecule has 5 heteroatoms. The lowest BCUT2D eigenvalue weighted by Crippen LogP contribution is -2.38. The van der Waals surface area contributed by atoms with Crippen molar-refractivity contribution in [2.24, 2.45) is 7.05 Å². The zero-order chi connectivity index (χ0) is 15.5. The summed E-state index contributed by atoms with van der Waals surface area (Å²) in [6.45, 7) is 3.42. The molecule has 1 aliphatic heterocycles. The number of hydrogen-bond donors (Lipinski definition) is 1. The van der Waals surface area contributed by atoms with Crippen molar-refractivity contribution >= 4 is 5.91 Å². The van der Waals surface area contributed by atoms with Gasteiger partial charge >= 0.3 is 0 Å². The van der Waals surface area contributed by atoms with Gasteiger partial charge in [-0.25, -0.2) is 0 Å². The van der Waals surface area contributed by atoms with Gasteiger partial charge in [0.2, 0.25) is 0 Å². The molecule has 0 atom stereocenters. The third-order valence-corrected chi connectivity index (χ3v) is 4.01. The van der Waals surface area contributed by atoms with E-state index in [-0.39, 0.29) is 11.9 Å². The van der Waals surface area contributed by atoms with Crippen LogP contribution in [0.1, 0.15) is 28.9 Å². The first-order valence-corrected chi connectivity index (χ1v) is 7.63. The zero-order valence-electron chi connectivity index (χ0n) is 13.0. The van der Waals surface area contributed by atoms with Crippen LogP contribution in [0.4, 0.5) is 0 Å². The van der Waals surface area contributed by atoms with Crippen LogP contribution < -0.4 is 5.32 Å². The second-order valence-corrected chi connectivity index (χ2v) is 5.74. The third-order valence-electron chi connectivity index (χ3n) is 4.01. The molecule has 0 spiro atoms. The molecule has 0 saturated carbocycles. The molecule has 1 fully saturated rings. The normalized spacial score (nSPS) is 15.7. The summed E-state index contributed by atoms with van der Waals surface area (Å²) in [6, 6.07) is 7.92. The Morgan fingerprint density at radius 1 is 1.36 bits per heavy atom. The van der Waals surface area contributed by atoms with Crippen molar-refractivity contribution in [1.82, 2.24) is 15.1 Å². The van der Waals surface area contributed by atoms with Crippen LogP contribution in [0.3, 0.4) is 0 Å². The Hall–Kier alpha value is -2.14. The molecule has 2 heterocycles. The van der Waals surface area contributed by atoms with E-state index in [2.05, 4.69) is 10.4 Å². The lowest BCUT2D eigenvalue weighted by Gasteiger charge is -2.23. The molecule has 116 valence electrons. The molecule has 1 aromatic carbocycles. The van der Waals surface area contributed by atoms with Gasteiger partial charge in [0.25, 0.3) is 5.91 Å². The third kappa shape index (κ3) is 3.20. The van der Waals surface area contributed by atoms with Crippen LogP contribution in [-0.4, -0.2) is 34.9 Å². The molecule has 5 nitrogen and oxygen atoms in total. The Labute approximate surface area is 130 Å². The van der Waals surface area contributed by atoms with Gasteiger partial charge in [0.1, 0.15) is 0 Å². The van der Waals surface area contributed by atoms with E-state index in [0.717, 1.165) is 42.9 Å². The lowest BCUT2D eigenvalue weighted by atomic mass is 10.0. The highest BCUT2D eigenvalue weighted by Crippen LogP contribution is 2.23. The van der Waals surface area contributed by atoms with Gasteiger partial charge in [-0.1, -0.05) is 12.1 Å². The number of carbonyl (C=O) groups is 1. The second kappa shape index (κ2) is 6.32. The minimum Gasteiger partial charge on any atom is -0.381 e. The predicted octanol–water partition coefficient (Wildman–Crippen LogP) is 2.30. The quantitative estimate of drug-likeness (QED) is 0.946. The molecule has 2 aromatic rings. The summed E-state index contributed by atoms with van der Waals surface area (Å²) in [7, 11) is 1.90. The molecule has 1 saturated heterocycles. The minimum atomic E-state index is -0.0182. The van der Waals surface area contributed by atoms with Gasteiger partial charge in [0, 0.05) is 43.6 Å². The summed E-state index contributed by atoms with van der Waals surface area (Å²) in [5, 5.41) is 7.45. The fourth-order valence-electron chi connectivity index (χ4n) is 2.82. The topological polar surface area (TPSA) is 56.2 Å². The van der Waals surface area contributed by atoms with Crippen molar-refractivity contribution in [2.75, 3.05) is 13.2 Å². The summed E-state index contributed by atoms with van der Waals surface area (Å²) < 4.78 is 7.11. The maximum absolute atomic E-state index is 12.4. The smallest absolute Gasteiger partial charge is 0.251 e. The summed E-state index contributed by atoms with van der Waals surface area (Å²) >= 11 is 0. The maximum Gasteiger partial charge on any atom is 0.251 e. The van der Waals surface area contributed by atoms with Crippen LogP contribution in [0.15, 0.2) is 30.5 Å². The summed E-state index contributed by atoms with van der Waals surface area (Å²) in [4.78, 5) is 12.4. The van der Waals surface area contributed by atoms with Crippen LogP contribution in [0.5, 0.6) is 0 Å². The first-order valence-electron chi connectivity index (χ1n) is 7.63. The number of aryl methyl sites for hydroxylation is 2. The Bertz CT molecular complexity index is 672. The highest BCUT2D eigenvalue weighted by molar-refractivity contribution is 5.95. The van der Waals surface area contributed by atoms with Gasteiger partial charge in [-0.2, -0.15) is 5.10 Å². The van der Waals surface area contributed by atoms with Gasteiger partial charge in [-0.05, 0) is 37.5 Å². The van der Waals surface area contributed by atoms with E-state index >= 15 is 0 Å². The van der Waals surface area contributed by atoms with Gasteiger partial charge in [-0.15, -0.1) is 0 Å². The van der Waals surface area contributed by atoms with E-state index in [4.69, 9.17) is 4.74 Å². The van der Waals surface area contributed by atoms with E-state index in [1.165, 1.54) is 0 Å². The fraction of sp³-hybridized carbons (Fsp3) is 0.412. The fourth-order valence-corrected chi connectivity index (χ4v) is 2.82. The van der Waals surface area contributed by atoms with Crippen molar-refractivity contribution < 1.29 is 9.53 Å². The van der Waals surface area contributed by atoms with Crippen LogP contribution in [0.25, 0.3) is 11.1 Å². The zero-order valence-corrected chi connectivity index (χ0v) is 13.0. The Balaban J connectivity index is 1.78. The maximum atomic E-state index is 12.4. The van der Waals surface area contributed by atoms with Gasteiger partial charge in [0.05, 0.1) is 5.69 Å². The SMILES string of the molecule is Cc1nn(C)cc1-c1cccc(C(=O)NC2CCOCC2)c1. The molecule has 0 bridgehead atoms. The molecule has 22 heavy (non-hydrogen) atoms. The van der Waals surface area contributed by atoms with Crippen molar-refractivity contribution in [3.63, 3.8) is 0 Å². The molecule has 0 unspecified atom stereocenters. The van der Waals surface area contributed by atoms with E-state index in [1.54, 1.807) is 4.68 Å². The summed E-state index contributed by atoms with van der Waals surface area (Å²) in [6.07, 6.45) is 3.74. The summed E-state index contributed by atoms with van der Waals surface area (Å²) in [5.41, 5.74) is 3.73. The van der Waals surface area contributed by atoms with Crippen LogP contribution in [-0.2, 0) is 11.8 Å². The molecular weight excluding hydrogens is 278 g/mol. The number of hydrogen-bond acceptors (Lipinski definition) is 3. The van der Waals surface area contributed by atoms with Crippen LogP contribution >= 0.6 is 0 Å². The largest absolute Gasteiger partial charge is 0.381 e. The number of ether oxygens (including phenoxy) is 1. The van der Waals surface area contributed by atoms with Gasteiger partial charge < -0.3 is 10.1 Å². The predicted molar refractivity (Wildman–Crippen MR) is 84.7 cm³/mol. The summed E-state index contributed by atoms with van der Waals surface area (Å²) in [5.74, 6) is -0.0182. The average Bonchev–Trinajstić information content (AvgIpc) is 2.87. The Kier molecular flexibility index (Phi) is 4.24. The highest BCUT2D eigenvalue weighted by atomic mass is 16.5. The number of carbonyl (C=O) groups excluding carboxylic acids is 1.